The molecule has 0 radical (unpaired) electrons. The highest BCUT2D eigenvalue weighted by Crippen LogP contribution is 2.33. The van der Waals surface area contributed by atoms with Crippen LogP contribution in [0.2, 0.25) is 0 Å². The third-order valence-electron chi connectivity index (χ3n) is 1.66. The van der Waals surface area contributed by atoms with Gasteiger partial charge in [0, 0.05) is 6.07 Å². The van der Waals surface area contributed by atoms with Crippen LogP contribution in [0.4, 0.5) is 18.9 Å². The minimum absolute atomic E-state index is 0.186. The van der Waals surface area contributed by atoms with Crippen molar-refractivity contribution in [3.63, 3.8) is 0 Å². The standard InChI is InChI=1S/C7H4F3NO4S/c8-7(9,10)4-1-2-6(16(14)15)5(3-4)11(12)13/h1-3H,(H,14,15)/p-1. The number of nitrogens with zero attached hydrogens (tertiary/aromatic N) is 1. The number of hydrogen-bond donors (Lipinski definition) is 0. The Balaban J connectivity index is 3.40. The van der Waals surface area contributed by atoms with Crippen molar-refractivity contribution in [2.45, 2.75) is 11.1 Å². The number of nitro benzene ring substituents is 1. The maximum atomic E-state index is 12.2. The van der Waals surface area contributed by atoms with E-state index in [0.29, 0.717) is 12.1 Å². The van der Waals surface area contributed by atoms with Crippen molar-refractivity contribution >= 4 is 16.8 Å². The molecule has 0 N–H and O–H groups in total. The minimum Gasteiger partial charge on any atom is -0.768 e. The Morgan fingerprint density at radius 2 is 1.88 bits per heavy atom. The van der Waals surface area contributed by atoms with Crippen LogP contribution in [-0.2, 0) is 17.3 Å². The van der Waals surface area contributed by atoms with Gasteiger partial charge in [0.1, 0.15) is 4.90 Å². The lowest BCUT2D eigenvalue weighted by atomic mass is 10.2. The van der Waals surface area contributed by atoms with Crippen molar-refractivity contribution in [2.24, 2.45) is 0 Å². The summed E-state index contributed by atoms with van der Waals surface area (Å²) >= 11 is -2.96. The summed E-state index contributed by atoms with van der Waals surface area (Å²) in [6.07, 6.45) is -4.76. The molecule has 0 aromatic heterocycles. The molecule has 1 aromatic carbocycles. The Hall–Kier alpha value is -1.48. The van der Waals surface area contributed by atoms with Crippen LogP contribution in [-0.4, -0.2) is 13.7 Å². The molecule has 16 heavy (non-hydrogen) atoms. The van der Waals surface area contributed by atoms with Crippen LogP contribution >= 0.6 is 0 Å². The predicted octanol–water partition coefficient (Wildman–Crippen LogP) is 1.85. The molecule has 5 nitrogen and oxygen atoms in total. The smallest absolute Gasteiger partial charge is 0.416 e. The van der Waals surface area contributed by atoms with Gasteiger partial charge in [0.2, 0.25) is 0 Å². The average Bonchev–Trinajstić information content (AvgIpc) is 2.15. The normalized spacial score (nSPS) is 13.5. The van der Waals surface area contributed by atoms with Crippen LogP contribution in [0.15, 0.2) is 23.1 Å². The molecule has 0 aliphatic carbocycles. The number of halogens is 3. The molecule has 0 saturated heterocycles. The van der Waals surface area contributed by atoms with Crippen molar-refractivity contribution in [1.82, 2.24) is 0 Å². The molecule has 9 heteroatoms. The lowest BCUT2D eigenvalue weighted by Gasteiger charge is -2.09. The van der Waals surface area contributed by atoms with Gasteiger partial charge in [-0.1, -0.05) is 0 Å². The summed E-state index contributed by atoms with van der Waals surface area (Å²) in [6, 6.07) is 1.20. The second-order valence-corrected chi connectivity index (χ2v) is 3.58. The maximum Gasteiger partial charge on any atom is 0.416 e. The second-order valence-electron chi connectivity index (χ2n) is 2.67. The molecule has 0 spiro atoms. The predicted molar refractivity (Wildman–Crippen MR) is 45.3 cm³/mol. The Labute approximate surface area is 89.3 Å². The second kappa shape index (κ2) is 4.18. The third-order valence-corrected chi connectivity index (χ3v) is 2.37. The van der Waals surface area contributed by atoms with Gasteiger partial charge < -0.3 is 4.55 Å². The highest BCUT2D eigenvalue weighted by Gasteiger charge is 2.33. The first-order valence-corrected chi connectivity index (χ1v) is 4.76. The van der Waals surface area contributed by atoms with Crippen LogP contribution < -0.4 is 0 Å². The molecule has 1 unspecified atom stereocenters. The van der Waals surface area contributed by atoms with E-state index >= 15 is 0 Å². The minimum atomic E-state index is -4.76. The van der Waals surface area contributed by atoms with E-state index in [1.807, 2.05) is 0 Å². The van der Waals surface area contributed by atoms with Gasteiger partial charge in [0.05, 0.1) is 10.5 Å². The van der Waals surface area contributed by atoms with Crippen LogP contribution in [0.5, 0.6) is 0 Å². The van der Waals surface area contributed by atoms with Crippen LogP contribution in [0, 0.1) is 10.1 Å². The lowest BCUT2D eigenvalue weighted by molar-refractivity contribution is -0.388. The van der Waals surface area contributed by atoms with Gasteiger partial charge in [-0.05, 0) is 23.2 Å². The summed E-state index contributed by atoms with van der Waals surface area (Å²) in [5.74, 6) is 0. The highest BCUT2D eigenvalue weighted by molar-refractivity contribution is 7.79. The Morgan fingerprint density at radius 3 is 2.25 bits per heavy atom. The zero-order valence-corrected chi connectivity index (χ0v) is 8.17. The van der Waals surface area contributed by atoms with E-state index in [0.717, 1.165) is 0 Å². The molecule has 0 amide bonds. The van der Waals surface area contributed by atoms with Gasteiger partial charge in [0.25, 0.3) is 5.69 Å². The van der Waals surface area contributed by atoms with Crippen LogP contribution in [0.1, 0.15) is 5.56 Å². The molecule has 1 atom stereocenters. The Bertz CT molecular complexity index is 459. The summed E-state index contributed by atoms with van der Waals surface area (Å²) in [7, 11) is 0. The van der Waals surface area contributed by atoms with Crippen LogP contribution in [0.25, 0.3) is 0 Å². The lowest BCUT2D eigenvalue weighted by Crippen LogP contribution is -2.07. The fraction of sp³-hybridized carbons (Fsp3) is 0.143. The summed E-state index contributed by atoms with van der Waals surface area (Å²) < 4.78 is 57.6. The van der Waals surface area contributed by atoms with Crippen molar-refractivity contribution in [2.75, 3.05) is 0 Å². The first kappa shape index (κ1) is 12.6. The molecule has 88 valence electrons. The number of rotatable bonds is 2. The molecule has 0 fully saturated rings. The van der Waals surface area contributed by atoms with Gasteiger partial charge in [-0.25, -0.2) is 0 Å². The Kier molecular flexibility index (Phi) is 3.29. The van der Waals surface area contributed by atoms with Crippen molar-refractivity contribution in [3.8, 4) is 0 Å². The van der Waals surface area contributed by atoms with Gasteiger partial charge in [-0.2, -0.15) is 13.2 Å². The van der Waals surface area contributed by atoms with E-state index in [1.165, 1.54) is 0 Å². The molecule has 1 aromatic rings. The molecule has 1 rings (SSSR count). The summed E-state index contributed by atoms with van der Waals surface area (Å²) in [4.78, 5) is 8.41. The molecule has 0 aliphatic rings. The maximum absolute atomic E-state index is 12.2. The van der Waals surface area contributed by atoms with E-state index < -0.39 is 38.3 Å². The fourth-order valence-corrected chi connectivity index (χ4v) is 1.46. The number of alkyl halides is 3. The van der Waals surface area contributed by atoms with E-state index in [-0.39, 0.29) is 6.07 Å². The van der Waals surface area contributed by atoms with Crippen LogP contribution in [0.3, 0.4) is 0 Å². The zero-order chi connectivity index (χ0) is 12.5. The molecule has 0 aliphatic heterocycles. The number of nitro groups is 1. The quantitative estimate of drug-likeness (QED) is 0.458. The Morgan fingerprint density at radius 1 is 1.31 bits per heavy atom. The van der Waals surface area contributed by atoms with E-state index in [1.54, 1.807) is 0 Å². The molecular weight excluding hydrogens is 251 g/mol. The van der Waals surface area contributed by atoms with Crippen molar-refractivity contribution in [3.05, 3.63) is 33.9 Å². The zero-order valence-electron chi connectivity index (χ0n) is 7.35. The number of benzene rings is 1. The van der Waals surface area contributed by atoms with Gasteiger partial charge >= 0.3 is 6.18 Å². The summed E-state index contributed by atoms with van der Waals surface area (Å²) in [5, 5.41) is 10.4. The van der Waals surface area contributed by atoms with Crippen molar-refractivity contribution < 1.29 is 26.9 Å². The summed E-state index contributed by atoms with van der Waals surface area (Å²) in [6.45, 7) is 0. The topological polar surface area (TPSA) is 83.3 Å². The number of hydrogen-bond acceptors (Lipinski definition) is 4. The van der Waals surface area contributed by atoms with Gasteiger partial charge in [-0.3, -0.25) is 14.3 Å². The highest BCUT2D eigenvalue weighted by atomic mass is 32.2. The molecule has 0 bridgehead atoms. The largest absolute Gasteiger partial charge is 0.768 e. The van der Waals surface area contributed by atoms with E-state index in [2.05, 4.69) is 0 Å². The first-order valence-electron chi connectivity index (χ1n) is 3.68. The molecular formula is C7H3F3NO4S-. The summed E-state index contributed by atoms with van der Waals surface area (Å²) in [5.41, 5.74) is -2.36. The fourth-order valence-electron chi connectivity index (χ4n) is 0.977. The van der Waals surface area contributed by atoms with Crippen molar-refractivity contribution in [1.29, 1.82) is 0 Å². The first-order chi connectivity index (χ1) is 7.23. The van der Waals surface area contributed by atoms with E-state index in [4.69, 9.17) is 0 Å². The van der Waals surface area contributed by atoms with E-state index in [9.17, 15) is 32.0 Å². The van der Waals surface area contributed by atoms with Gasteiger partial charge in [0.15, 0.2) is 0 Å². The monoisotopic (exact) mass is 254 g/mol. The molecule has 0 saturated carbocycles. The van der Waals surface area contributed by atoms with Gasteiger partial charge in [-0.15, -0.1) is 0 Å². The molecule has 0 heterocycles. The SMILES string of the molecule is O=[N+]([O-])c1cc(C(F)(F)F)ccc1S(=O)[O-]. The average molecular weight is 254 g/mol. The third kappa shape index (κ3) is 2.55.